The first kappa shape index (κ1) is 12.4. The van der Waals surface area contributed by atoms with Crippen molar-refractivity contribution in [3.8, 4) is 0 Å². The van der Waals surface area contributed by atoms with Gasteiger partial charge in [0.25, 0.3) is 0 Å². The number of sulfonamides is 1. The molecule has 2 N–H and O–H groups in total. The minimum atomic E-state index is -3.26. The monoisotopic (exact) mass is 254 g/mol. The van der Waals surface area contributed by atoms with Crippen LogP contribution in [0.1, 0.15) is 25.0 Å². The number of fused-ring (bicyclic) bond motifs is 1. The molecule has 0 amide bonds. The molecule has 4 nitrogen and oxygen atoms in total. The predicted octanol–water partition coefficient (Wildman–Crippen LogP) is 1.48. The summed E-state index contributed by atoms with van der Waals surface area (Å²) in [6.45, 7) is 5.07. The number of nitrogens with one attached hydrogen (secondary N) is 2. The Morgan fingerprint density at radius 2 is 2.12 bits per heavy atom. The molecule has 0 aromatic heterocycles. The van der Waals surface area contributed by atoms with Gasteiger partial charge in [-0.15, -0.1) is 0 Å². The molecule has 1 aromatic rings. The van der Waals surface area contributed by atoms with Crippen molar-refractivity contribution < 1.29 is 8.42 Å². The van der Waals surface area contributed by atoms with Crippen LogP contribution in [0.15, 0.2) is 18.2 Å². The van der Waals surface area contributed by atoms with Crippen LogP contribution in [0, 0.1) is 0 Å². The molecule has 0 aliphatic carbocycles. The molecule has 0 saturated carbocycles. The van der Waals surface area contributed by atoms with Gasteiger partial charge in [-0.2, -0.15) is 0 Å². The Labute approximate surface area is 102 Å². The Morgan fingerprint density at radius 3 is 2.82 bits per heavy atom. The Morgan fingerprint density at radius 1 is 1.35 bits per heavy atom. The SMILES string of the molecule is CC(C)S(=O)(=O)Nc1cccc2c1CCNC2. The average molecular weight is 254 g/mol. The van der Waals surface area contributed by atoms with Gasteiger partial charge in [0.2, 0.25) is 10.0 Å². The van der Waals surface area contributed by atoms with E-state index in [0.717, 1.165) is 30.8 Å². The number of hydrogen-bond donors (Lipinski definition) is 2. The van der Waals surface area contributed by atoms with E-state index in [4.69, 9.17) is 0 Å². The normalized spacial score (nSPS) is 15.7. The molecule has 5 heteroatoms. The smallest absolute Gasteiger partial charge is 0.235 e. The Bertz CT molecular complexity index is 509. The highest BCUT2D eigenvalue weighted by atomic mass is 32.2. The van der Waals surface area contributed by atoms with E-state index >= 15 is 0 Å². The zero-order valence-corrected chi connectivity index (χ0v) is 11.0. The van der Waals surface area contributed by atoms with Crippen LogP contribution in [0.4, 0.5) is 5.69 Å². The van der Waals surface area contributed by atoms with Gasteiger partial charge in [0, 0.05) is 6.54 Å². The topological polar surface area (TPSA) is 58.2 Å². The Kier molecular flexibility index (Phi) is 3.40. The number of anilines is 1. The highest BCUT2D eigenvalue weighted by Crippen LogP contribution is 2.24. The highest BCUT2D eigenvalue weighted by Gasteiger charge is 2.19. The van der Waals surface area contributed by atoms with E-state index < -0.39 is 15.3 Å². The van der Waals surface area contributed by atoms with Gasteiger partial charge in [0.1, 0.15) is 0 Å². The van der Waals surface area contributed by atoms with Gasteiger partial charge in [0.15, 0.2) is 0 Å². The van der Waals surface area contributed by atoms with Gasteiger partial charge in [-0.05, 0) is 44.0 Å². The van der Waals surface area contributed by atoms with Crippen molar-refractivity contribution in [2.45, 2.75) is 32.1 Å². The van der Waals surface area contributed by atoms with Gasteiger partial charge >= 0.3 is 0 Å². The number of hydrogen-bond acceptors (Lipinski definition) is 3. The molecule has 0 spiro atoms. The Balaban J connectivity index is 2.34. The lowest BCUT2D eigenvalue weighted by Gasteiger charge is -2.21. The predicted molar refractivity (Wildman–Crippen MR) is 69.5 cm³/mol. The van der Waals surface area contributed by atoms with E-state index in [-0.39, 0.29) is 0 Å². The molecule has 17 heavy (non-hydrogen) atoms. The first-order chi connectivity index (χ1) is 8.00. The van der Waals surface area contributed by atoms with Crippen molar-refractivity contribution in [1.82, 2.24) is 5.32 Å². The van der Waals surface area contributed by atoms with Crippen molar-refractivity contribution in [3.63, 3.8) is 0 Å². The maximum Gasteiger partial charge on any atom is 0.235 e. The number of rotatable bonds is 3. The van der Waals surface area contributed by atoms with E-state index in [1.165, 1.54) is 5.56 Å². The summed E-state index contributed by atoms with van der Waals surface area (Å²) in [5, 5.41) is 2.86. The van der Waals surface area contributed by atoms with Crippen LogP contribution in [0.5, 0.6) is 0 Å². The summed E-state index contributed by atoms with van der Waals surface area (Å²) in [7, 11) is -3.26. The molecule has 1 aliphatic rings. The van der Waals surface area contributed by atoms with E-state index in [1.54, 1.807) is 13.8 Å². The lowest BCUT2D eigenvalue weighted by atomic mass is 9.99. The van der Waals surface area contributed by atoms with Crippen LogP contribution in [0.25, 0.3) is 0 Å². The molecular weight excluding hydrogens is 236 g/mol. The summed E-state index contributed by atoms with van der Waals surface area (Å²) in [6.07, 6.45) is 0.867. The summed E-state index contributed by atoms with van der Waals surface area (Å²) in [6, 6.07) is 5.77. The molecule has 94 valence electrons. The van der Waals surface area contributed by atoms with Gasteiger partial charge < -0.3 is 5.32 Å². The minimum absolute atomic E-state index is 0.417. The molecular formula is C12H18N2O2S. The Hall–Kier alpha value is -1.07. The van der Waals surface area contributed by atoms with E-state index in [2.05, 4.69) is 10.0 Å². The second-order valence-corrected chi connectivity index (χ2v) is 6.80. The van der Waals surface area contributed by atoms with Crippen LogP contribution >= 0.6 is 0 Å². The molecule has 0 radical (unpaired) electrons. The van der Waals surface area contributed by atoms with E-state index in [0.29, 0.717) is 0 Å². The van der Waals surface area contributed by atoms with E-state index in [1.807, 2.05) is 18.2 Å². The van der Waals surface area contributed by atoms with Crippen molar-refractivity contribution in [3.05, 3.63) is 29.3 Å². The minimum Gasteiger partial charge on any atom is -0.312 e. The first-order valence-corrected chi connectivity index (χ1v) is 7.38. The largest absolute Gasteiger partial charge is 0.312 e. The zero-order valence-electron chi connectivity index (χ0n) is 10.2. The summed E-state index contributed by atoms with van der Waals surface area (Å²) < 4.78 is 26.4. The van der Waals surface area contributed by atoms with Gasteiger partial charge in [0.05, 0.1) is 10.9 Å². The fourth-order valence-electron chi connectivity index (χ4n) is 1.90. The van der Waals surface area contributed by atoms with E-state index in [9.17, 15) is 8.42 Å². The maximum absolute atomic E-state index is 11.9. The van der Waals surface area contributed by atoms with Crippen molar-refractivity contribution in [2.75, 3.05) is 11.3 Å². The van der Waals surface area contributed by atoms with Crippen LogP contribution in [0.3, 0.4) is 0 Å². The molecule has 1 aromatic carbocycles. The molecule has 1 aliphatic heterocycles. The van der Waals surface area contributed by atoms with Crippen LogP contribution < -0.4 is 10.0 Å². The van der Waals surface area contributed by atoms with Crippen LogP contribution in [-0.4, -0.2) is 20.2 Å². The lowest BCUT2D eigenvalue weighted by molar-refractivity contribution is 0.592. The van der Waals surface area contributed by atoms with Crippen LogP contribution in [-0.2, 0) is 23.0 Å². The fraction of sp³-hybridized carbons (Fsp3) is 0.500. The quantitative estimate of drug-likeness (QED) is 0.859. The average Bonchev–Trinajstić information content (AvgIpc) is 2.29. The molecule has 0 atom stereocenters. The summed E-state index contributed by atoms with van der Waals surface area (Å²) in [5.41, 5.74) is 3.04. The third-order valence-electron chi connectivity index (χ3n) is 3.01. The lowest BCUT2D eigenvalue weighted by Crippen LogP contribution is -2.27. The standard InChI is InChI=1S/C12H18N2O2S/c1-9(2)17(15,16)14-12-5-3-4-10-8-13-7-6-11(10)12/h3-5,9,13-14H,6-8H2,1-2H3. The third-order valence-corrected chi connectivity index (χ3v) is 4.76. The fourth-order valence-corrected chi connectivity index (χ4v) is 2.63. The van der Waals surface area contributed by atoms with Gasteiger partial charge in [-0.25, -0.2) is 8.42 Å². The summed E-state index contributed by atoms with van der Waals surface area (Å²) >= 11 is 0. The molecule has 0 fully saturated rings. The second kappa shape index (κ2) is 4.66. The van der Waals surface area contributed by atoms with Crippen LogP contribution in [0.2, 0.25) is 0 Å². The zero-order chi connectivity index (χ0) is 12.5. The second-order valence-electron chi connectivity index (χ2n) is 4.57. The highest BCUT2D eigenvalue weighted by molar-refractivity contribution is 7.93. The molecule has 0 saturated heterocycles. The van der Waals surface area contributed by atoms with Crippen molar-refractivity contribution in [2.24, 2.45) is 0 Å². The van der Waals surface area contributed by atoms with Crippen molar-refractivity contribution >= 4 is 15.7 Å². The molecule has 1 heterocycles. The molecule has 2 rings (SSSR count). The summed E-state index contributed by atoms with van der Waals surface area (Å²) in [5.74, 6) is 0. The van der Waals surface area contributed by atoms with Gasteiger partial charge in [-0.3, -0.25) is 4.72 Å². The molecule has 0 unspecified atom stereocenters. The number of benzene rings is 1. The van der Waals surface area contributed by atoms with Crippen molar-refractivity contribution in [1.29, 1.82) is 0 Å². The van der Waals surface area contributed by atoms with Gasteiger partial charge in [-0.1, -0.05) is 12.1 Å². The third kappa shape index (κ3) is 2.61. The first-order valence-electron chi connectivity index (χ1n) is 5.84. The maximum atomic E-state index is 11.9. The summed E-state index contributed by atoms with van der Waals surface area (Å²) in [4.78, 5) is 0. The molecule has 0 bridgehead atoms.